The Labute approximate surface area is 113 Å². The van der Waals surface area contributed by atoms with Gasteiger partial charge in [-0.25, -0.2) is 13.4 Å². The summed E-state index contributed by atoms with van der Waals surface area (Å²) in [4.78, 5) is 8.98. The van der Waals surface area contributed by atoms with Crippen molar-refractivity contribution in [2.45, 2.75) is 18.4 Å². The largest absolute Gasteiger partial charge is 0.332 e. The van der Waals surface area contributed by atoms with Gasteiger partial charge in [-0.05, 0) is 26.4 Å². The average Bonchev–Trinajstić information content (AvgIpc) is 2.84. The Morgan fingerprint density at radius 1 is 1.37 bits per heavy atom. The van der Waals surface area contributed by atoms with E-state index in [1.807, 2.05) is 0 Å². The molecule has 0 bridgehead atoms. The Balaban J connectivity index is 1.97. The molecule has 1 aromatic rings. The third-order valence-electron chi connectivity index (χ3n) is 3.31. The molecule has 0 atom stereocenters. The van der Waals surface area contributed by atoms with Crippen LogP contribution < -0.4 is 5.73 Å². The monoisotopic (exact) mass is 287 g/mol. The molecule has 19 heavy (non-hydrogen) atoms. The summed E-state index contributed by atoms with van der Waals surface area (Å²) in [5, 5.41) is 0.181. The molecule has 0 unspecified atom stereocenters. The van der Waals surface area contributed by atoms with Crippen molar-refractivity contribution in [2.75, 3.05) is 39.3 Å². The molecule has 7 nitrogen and oxygen atoms in total. The molecule has 0 aliphatic carbocycles. The molecule has 8 heteroatoms. The van der Waals surface area contributed by atoms with Gasteiger partial charge in [0.15, 0.2) is 5.03 Å². The van der Waals surface area contributed by atoms with Crippen LogP contribution in [0.4, 0.5) is 0 Å². The third kappa shape index (κ3) is 3.33. The van der Waals surface area contributed by atoms with Crippen LogP contribution in [0.3, 0.4) is 0 Å². The van der Waals surface area contributed by atoms with Gasteiger partial charge in [0.1, 0.15) is 5.82 Å². The number of aromatic amines is 1. The molecule has 0 aromatic carbocycles. The Morgan fingerprint density at radius 2 is 2.05 bits per heavy atom. The van der Waals surface area contributed by atoms with Gasteiger partial charge in [-0.3, -0.25) is 0 Å². The van der Waals surface area contributed by atoms with Crippen LogP contribution in [0.1, 0.15) is 12.2 Å². The van der Waals surface area contributed by atoms with Crippen LogP contribution in [-0.2, 0) is 10.0 Å². The van der Waals surface area contributed by atoms with E-state index in [0.717, 1.165) is 26.1 Å². The van der Waals surface area contributed by atoms with Crippen molar-refractivity contribution < 1.29 is 8.42 Å². The molecule has 1 aromatic heterocycles. The molecular weight excluding hydrogens is 266 g/mol. The third-order valence-corrected chi connectivity index (χ3v) is 5.12. The van der Waals surface area contributed by atoms with E-state index in [1.54, 1.807) is 6.92 Å². The summed E-state index contributed by atoms with van der Waals surface area (Å²) >= 11 is 0. The predicted octanol–water partition coefficient (Wildman–Crippen LogP) is -0.627. The number of sulfonamides is 1. The number of piperazine rings is 1. The molecule has 108 valence electrons. The molecule has 0 amide bonds. The molecule has 1 aliphatic heterocycles. The maximum Gasteiger partial charge on any atom is 0.260 e. The van der Waals surface area contributed by atoms with E-state index in [0.29, 0.717) is 25.5 Å². The molecule has 3 N–H and O–H groups in total. The Morgan fingerprint density at radius 3 is 2.58 bits per heavy atom. The highest BCUT2D eigenvalue weighted by Crippen LogP contribution is 2.15. The minimum absolute atomic E-state index is 0.181. The van der Waals surface area contributed by atoms with Crippen LogP contribution >= 0.6 is 0 Å². The van der Waals surface area contributed by atoms with E-state index in [-0.39, 0.29) is 5.03 Å². The van der Waals surface area contributed by atoms with Crippen molar-refractivity contribution in [3.8, 4) is 0 Å². The molecule has 1 saturated heterocycles. The van der Waals surface area contributed by atoms with Crippen molar-refractivity contribution in [2.24, 2.45) is 5.73 Å². The lowest BCUT2D eigenvalue weighted by molar-refractivity contribution is 0.187. The smallest absolute Gasteiger partial charge is 0.260 e. The number of H-pyrrole nitrogens is 1. The summed E-state index contributed by atoms with van der Waals surface area (Å²) in [7, 11) is -3.42. The number of imidazole rings is 1. The lowest BCUT2D eigenvalue weighted by Gasteiger charge is -2.33. The van der Waals surface area contributed by atoms with E-state index < -0.39 is 10.0 Å². The number of aryl methyl sites for hydroxylation is 1. The fourth-order valence-electron chi connectivity index (χ4n) is 2.18. The quantitative estimate of drug-likeness (QED) is 0.752. The molecule has 2 rings (SSSR count). The lowest BCUT2D eigenvalue weighted by Crippen LogP contribution is -2.49. The van der Waals surface area contributed by atoms with Crippen LogP contribution in [0, 0.1) is 6.92 Å². The number of nitrogens with one attached hydrogen (secondary N) is 1. The van der Waals surface area contributed by atoms with Crippen LogP contribution in [-0.4, -0.2) is 66.9 Å². The van der Waals surface area contributed by atoms with E-state index >= 15 is 0 Å². The Kier molecular flexibility index (Phi) is 4.56. The van der Waals surface area contributed by atoms with Crippen LogP contribution in [0.15, 0.2) is 11.2 Å². The van der Waals surface area contributed by atoms with Crippen LogP contribution in [0.5, 0.6) is 0 Å². The molecule has 0 spiro atoms. The zero-order valence-corrected chi connectivity index (χ0v) is 12.0. The molecule has 0 saturated carbocycles. The second kappa shape index (κ2) is 6.00. The Bertz CT molecular complexity index is 505. The van der Waals surface area contributed by atoms with Gasteiger partial charge in [0.05, 0.1) is 6.20 Å². The van der Waals surface area contributed by atoms with E-state index in [9.17, 15) is 8.42 Å². The highest BCUT2D eigenvalue weighted by Gasteiger charge is 2.29. The fraction of sp³-hybridized carbons (Fsp3) is 0.727. The first-order valence-corrected chi connectivity index (χ1v) is 7.92. The minimum atomic E-state index is -3.42. The summed E-state index contributed by atoms with van der Waals surface area (Å²) in [6.07, 6.45) is 2.33. The maximum absolute atomic E-state index is 12.3. The second-order valence-corrected chi connectivity index (χ2v) is 6.63. The van der Waals surface area contributed by atoms with Crippen molar-refractivity contribution >= 4 is 10.0 Å². The van der Waals surface area contributed by atoms with Gasteiger partial charge in [0.2, 0.25) is 0 Å². The first kappa shape index (κ1) is 14.4. The normalized spacial score (nSPS) is 18.8. The van der Waals surface area contributed by atoms with Crippen LogP contribution in [0.25, 0.3) is 0 Å². The number of rotatable bonds is 5. The molecule has 2 heterocycles. The maximum atomic E-state index is 12.3. The number of nitrogens with zero attached hydrogens (tertiary/aromatic N) is 3. The SMILES string of the molecule is Cc1ncc(S(=O)(=O)N2CCN(CCCN)CC2)[nH]1. The van der Waals surface area contributed by atoms with Gasteiger partial charge in [-0.1, -0.05) is 0 Å². The second-order valence-electron chi connectivity index (χ2n) is 4.72. The summed E-state index contributed by atoms with van der Waals surface area (Å²) in [5.74, 6) is 0.611. The first-order valence-electron chi connectivity index (χ1n) is 6.48. The number of nitrogens with two attached hydrogens (primary N) is 1. The zero-order valence-electron chi connectivity index (χ0n) is 11.2. The van der Waals surface area contributed by atoms with Crippen molar-refractivity contribution in [1.29, 1.82) is 0 Å². The number of hydrogen-bond acceptors (Lipinski definition) is 5. The predicted molar refractivity (Wildman–Crippen MR) is 72.2 cm³/mol. The Hall–Kier alpha value is -0.960. The number of hydrogen-bond donors (Lipinski definition) is 2. The van der Waals surface area contributed by atoms with Crippen LogP contribution in [0.2, 0.25) is 0 Å². The van der Waals surface area contributed by atoms with Gasteiger partial charge in [0.25, 0.3) is 10.0 Å². The van der Waals surface area contributed by atoms with Gasteiger partial charge in [0, 0.05) is 26.2 Å². The van der Waals surface area contributed by atoms with Gasteiger partial charge in [-0.2, -0.15) is 4.31 Å². The summed E-state index contributed by atoms with van der Waals surface area (Å²) in [6, 6.07) is 0. The lowest BCUT2D eigenvalue weighted by atomic mass is 10.3. The first-order chi connectivity index (χ1) is 9.04. The summed E-state index contributed by atoms with van der Waals surface area (Å²) in [6.45, 7) is 5.90. The van der Waals surface area contributed by atoms with Gasteiger partial charge in [-0.15, -0.1) is 0 Å². The summed E-state index contributed by atoms with van der Waals surface area (Å²) < 4.78 is 26.2. The molecule has 1 aliphatic rings. The van der Waals surface area contributed by atoms with E-state index in [1.165, 1.54) is 10.5 Å². The molecule has 0 radical (unpaired) electrons. The van der Waals surface area contributed by atoms with E-state index in [2.05, 4.69) is 14.9 Å². The average molecular weight is 287 g/mol. The van der Waals surface area contributed by atoms with Gasteiger partial charge < -0.3 is 15.6 Å². The topological polar surface area (TPSA) is 95.3 Å². The fourth-order valence-corrected chi connectivity index (χ4v) is 3.56. The minimum Gasteiger partial charge on any atom is -0.332 e. The van der Waals surface area contributed by atoms with E-state index in [4.69, 9.17) is 5.73 Å². The highest BCUT2D eigenvalue weighted by molar-refractivity contribution is 7.89. The highest BCUT2D eigenvalue weighted by atomic mass is 32.2. The molecular formula is C11H21N5O2S. The zero-order chi connectivity index (χ0) is 13.9. The van der Waals surface area contributed by atoms with Crippen molar-refractivity contribution in [1.82, 2.24) is 19.2 Å². The summed E-state index contributed by atoms with van der Waals surface area (Å²) in [5.41, 5.74) is 5.48. The van der Waals surface area contributed by atoms with Crippen molar-refractivity contribution in [3.05, 3.63) is 12.0 Å². The van der Waals surface area contributed by atoms with Crippen molar-refractivity contribution in [3.63, 3.8) is 0 Å². The van der Waals surface area contributed by atoms with Gasteiger partial charge >= 0.3 is 0 Å². The molecule has 1 fully saturated rings. The number of aromatic nitrogens is 2. The standard InChI is InChI=1S/C11H21N5O2S/c1-10-13-9-11(14-10)19(17,18)16-7-5-15(6-8-16)4-2-3-12/h9H,2-8,12H2,1H3,(H,13,14).